The number of nitrogens with one attached hydrogen (secondary N) is 3. The molecule has 344 valence electrons. The number of hydrogen-bond acceptors (Lipinski definition) is 18. The van der Waals surface area contributed by atoms with Crippen molar-refractivity contribution in [1.82, 2.24) is 35.6 Å². The second kappa shape index (κ2) is 22.4. The van der Waals surface area contributed by atoms with Crippen molar-refractivity contribution >= 4 is 55.9 Å². The first-order chi connectivity index (χ1) is 27.9. The summed E-state index contributed by atoms with van der Waals surface area (Å²) in [6.07, 6.45) is -6.63. The molecule has 26 nitrogen and oxygen atoms in total. The third-order valence-electron chi connectivity index (χ3n) is 10.2. The van der Waals surface area contributed by atoms with Gasteiger partial charge in [0.2, 0.25) is 17.7 Å². The molecule has 3 aliphatic rings. The van der Waals surface area contributed by atoms with E-state index in [1.165, 1.54) is 0 Å². The lowest BCUT2D eigenvalue weighted by molar-refractivity contribution is -0.300. The van der Waals surface area contributed by atoms with Crippen LogP contribution < -0.4 is 16.0 Å². The Morgan fingerprint density at radius 2 is 1.23 bits per heavy atom. The lowest BCUT2D eigenvalue weighted by Crippen LogP contribution is -2.74. The van der Waals surface area contributed by atoms with Gasteiger partial charge < -0.3 is 51.0 Å². The fourth-order valence-corrected chi connectivity index (χ4v) is 9.56. The van der Waals surface area contributed by atoms with Crippen molar-refractivity contribution in [3.05, 3.63) is 0 Å². The van der Waals surface area contributed by atoms with E-state index in [9.17, 15) is 80.2 Å². The zero-order chi connectivity index (χ0) is 45.0. The summed E-state index contributed by atoms with van der Waals surface area (Å²) in [5.74, 6) is -7.15. The Morgan fingerprint density at radius 1 is 0.767 bits per heavy atom. The molecule has 7 atom stereocenters. The number of ether oxygens (including phenoxy) is 2. The van der Waals surface area contributed by atoms with E-state index < -0.39 is 110 Å². The fourth-order valence-electron chi connectivity index (χ4n) is 7.20. The minimum Gasteiger partial charge on any atom is -0.480 e. The number of amides is 3. The molecule has 1 saturated carbocycles. The number of hydrogen-bond donors (Lipinski definition) is 10. The normalized spacial score (nSPS) is 27.2. The Hall–Kier alpha value is -3.68. The van der Waals surface area contributed by atoms with Gasteiger partial charge in [0, 0.05) is 78.3 Å². The van der Waals surface area contributed by atoms with Gasteiger partial charge in [-0.1, -0.05) is 0 Å². The number of aliphatic carboxylic acids is 3. The fraction of sp³-hybridized carbons (Fsp3) is 0.812. The maximum Gasteiger partial charge on any atom is 0.317 e. The van der Waals surface area contributed by atoms with Gasteiger partial charge in [-0.25, -0.2) is 0 Å². The van der Waals surface area contributed by atoms with Gasteiger partial charge in [0.15, 0.2) is 11.2 Å². The molecule has 3 fully saturated rings. The average molecular weight is 906 g/mol. The van der Waals surface area contributed by atoms with E-state index in [0.29, 0.717) is 0 Å². The van der Waals surface area contributed by atoms with E-state index in [1.54, 1.807) is 26.5 Å². The highest BCUT2D eigenvalue weighted by molar-refractivity contribution is 7.88. The zero-order valence-corrected chi connectivity index (χ0v) is 34.5. The zero-order valence-electron chi connectivity index (χ0n) is 32.8. The summed E-state index contributed by atoms with van der Waals surface area (Å²) >= 11 is 0. The van der Waals surface area contributed by atoms with Gasteiger partial charge in [0.25, 0.3) is 20.2 Å². The number of carbonyl (C=O) groups excluding carboxylic acids is 3. The summed E-state index contributed by atoms with van der Waals surface area (Å²) in [6, 6.07) is -1.20. The third-order valence-corrected chi connectivity index (χ3v) is 12.8. The molecule has 60 heavy (non-hydrogen) atoms. The van der Waals surface area contributed by atoms with E-state index >= 15 is 0 Å². The molecule has 3 amide bonds. The molecular formula is C32H55N7O19S2. The average Bonchev–Trinajstić information content (AvgIpc) is 3.11. The third kappa shape index (κ3) is 15.0. The molecule has 28 heteroatoms. The van der Waals surface area contributed by atoms with Crippen LogP contribution in [0.3, 0.4) is 0 Å². The highest BCUT2D eigenvalue weighted by Crippen LogP contribution is 2.52. The molecule has 0 aromatic heterocycles. The molecule has 3 rings (SSSR count). The topological polar surface area (TPSA) is 380 Å². The minimum absolute atomic E-state index is 0.143. The summed E-state index contributed by atoms with van der Waals surface area (Å²) in [4.78, 5) is 77.0. The monoisotopic (exact) mass is 905 g/mol. The molecular weight excluding hydrogens is 851 g/mol. The number of likely N-dealkylation sites (N-methyl/N-ethyl adjacent to an activating group) is 1. The van der Waals surface area contributed by atoms with Gasteiger partial charge >= 0.3 is 17.9 Å². The molecule has 1 aliphatic carbocycles. The predicted molar refractivity (Wildman–Crippen MR) is 202 cm³/mol. The quantitative estimate of drug-likeness (QED) is 0.0401. The van der Waals surface area contributed by atoms with Crippen molar-refractivity contribution in [2.24, 2.45) is 5.92 Å². The second-order valence-corrected chi connectivity index (χ2v) is 17.9. The standard InChI is InChI=1S/C32H55N7O19S2/c1-2-33-30(49)20(3-4-22(40)34-5-14-57-31-28(48)29(59(51,52)53)27-21(58-31)15-32(27,50)60(54,55)56)35-23(41)16-36-6-8-37(17-24(42)43)10-12-39(19-26(46)47)13-11-38(9-7-36)18-25(44)45/h20-21,27-29,31,48,50H,2-19H2,1H3,(H,33,49)(H,34,40)(H,35,41)(H,42,43)(H,44,45)(H,46,47)(H,51,52,53)(H,54,55,56)/t20-,21?,27?,28?,29?,31?,32?/m1/s1. The molecule has 6 unspecified atom stereocenters. The van der Waals surface area contributed by atoms with E-state index in [4.69, 9.17) is 9.47 Å². The van der Waals surface area contributed by atoms with Crippen LogP contribution >= 0.6 is 0 Å². The molecule has 10 N–H and O–H groups in total. The van der Waals surface area contributed by atoms with E-state index in [-0.39, 0.29) is 104 Å². The van der Waals surface area contributed by atoms with Crippen molar-refractivity contribution in [2.75, 3.05) is 98.2 Å². The Balaban J connectivity index is 1.58. The van der Waals surface area contributed by atoms with Gasteiger partial charge in [0.1, 0.15) is 17.4 Å². The molecule has 0 bridgehead atoms. The Bertz CT molecular complexity index is 1730. The summed E-state index contributed by atoms with van der Waals surface area (Å²) < 4.78 is 77.4. The van der Waals surface area contributed by atoms with Gasteiger partial charge in [-0.15, -0.1) is 0 Å². The maximum absolute atomic E-state index is 13.4. The summed E-state index contributed by atoms with van der Waals surface area (Å²) in [7, 11) is -10.5. The van der Waals surface area contributed by atoms with Crippen molar-refractivity contribution in [3.8, 4) is 0 Å². The Labute approximate surface area is 345 Å². The van der Waals surface area contributed by atoms with Gasteiger partial charge in [-0.2, -0.15) is 16.8 Å². The summed E-state index contributed by atoms with van der Waals surface area (Å²) in [6.45, 7) is 1.08. The highest BCUT2D eigenvalue weighted by Gasteiger charge is 2.71. The van der Waals surface area contributed by atoms with Crippen LogP contribution in [0.15, 0.2) is 0 Å². The number of aliphatic hydroxyl groups is 2. The first kappa shape index (κ1) is 50.7. The van der Waals surface area contributed by atoms with Crippen LogP contribution in [-0.4, -0.2) is 240 Å². The van der Waals surface area contributed by atoms with Crippen LogP contribution in [0, 0.1) is 5.92 Å². The van der Waals surface area contributed by atoms with Crippen molar-refractivity contribution in [3.63, 3.8) is 0 Å². The van der Waals surface area contributed by atoms with E-state index in [2.05, 4.69) is 16.0 Å². The molecule has 0 aromatic carbocycles. The van der Waals surface area contributed by atoms with Gasteiger partial charge in [-0.3, -0.25) is 57.5 Å². The van der Waals surface area contributed by atoms with Crippen molar-refractivity contribution in [2.45, 2.75) is 60.9 Å². The Kier molecular flexibility index (Phi) is 18.9. The second-order valence-electron chi connectivity index (χ2n) is 14.6. The number of carbonyl (C=O) groups is 6. The molecule has 2 saturated heterocycles. The van der Waals surface area contributed by atoms with Crippen molar-refractivity contribution < 1.29 is 89.7 Å². The van der Waals surface area contributed by atoms with Crippen molar-refractivity contribution in [1.29, 1.82) is 0 Å². The molecule has 2 aliphatic heterocycles. The first-order valence-corrected chi connectivity index (χ1v) is 21.9. The van der Waals surface area contributed by atoms with Crippen LogP contribution in [0.5, 0.6) is 0 Å². The number of rotatable bonds is 20. The maximum atomic E-state index is 13.4. The number of carboxylic acid groups (broad SMARTS) is 3. The van der Waals surface area contributed by atoms with E-state index in [1.807, 2.05) is 0 Å². The van der Waals surface area contributed by atoms with Crippen LogP contribution in [0.25, 0.3) is 0 Å². The number of fused-ring (bicyclic) bond motifs is 1. The predicted octanol–water partition coefficient (Wildman–Crippen LogP) is -6.07. The molecule has 0 aromatic rings. The first-order valence-electron chi connectivity index (χ1n) is 18.9. The molecule has 0 spiro atoms. The SMILES string of the molecule is CCNC(=O)[C@@H](CCC(=O)NCCOC1OC2CC(O)(S(=O)(=O)O)C2C(S(=O)(=O)O)C1O)NC(=O)CN1CCN(CC(=O)O)CCN(CC(=O)O)CCN(CC(=O)O)CC1. The minimum atomic E-state index is -5.26. The van der Waals surface area contributed by atoms with Gasteiger partial charge in [0.05, 0.1) is 44.8 Å². The Morgan fingerprint density at radius 3 is 1.65 bits per heavy atom. The van der Waals surface area contributed by atoms with E-state index in [0.717, 1.165) is 0 Å². The molecule has 2 heterocycles. The lowest BCUT2D eigenvalue weighted by Gasteiger charge is -2.56. The highest BCUT2D eigenvalue weighted by atomic mass is 32.2. The van der Waals surface area contributed by atoms with Crippen LogP contribution in [0.4, 0.5) is 0 Å². The largest absolute Gasteiger partial charge is 0.480 e. The number of carboxylic acids is 3. The lowest BCUT2D eigenvalue weighted by atomic mass is 9.72. The van der Waals surface area contributed by atoms with Crippen LogP contribution in [0.2, 0.25) is 0 Å². The summed E-state index contributed by atoms with van der Waals surface area (Å²) in [5, 5.41) is 54.6. The molecule has 0 radical (unpaired) electrons. The smallest absolute Gasteiger partial charge is 0.317 e. The van der Waals surface area contributed by atoms with Crippen LogP contribution in [0.1, 0.15) is 26.2 Å². The van der Waals surface area contributed by atoms with Gasteiger partial charge in [-0.05, 0) is 13.3 Å². The van der Waals surface area contributed by atoms with Crippen LogP contribution in [-0.2, 0) is 58.5 Å². The number of aliphatic hydroxyl groups excluding tert-OH is 1. The summed E-state index contributed by atoms with van der Waals surface area (Å²) in [5.41, 5.74) is 0. The number of nitrogens with zero attached hydrogens (tertiary/aromatic N) is 4.